The van der Waals surface area contributed by atoms with Gasteiger partial charge in [0.05, 0.1) is 9.82 Å². The zero-order valence-electron chi connectivity index (χ0n) is 11.6. The van der Waals surface area contributed by atoms with E-state index in [1.807, 2.05) is 31.2 Å². The van der Waals surface area contributed by atoms with Crippen LogP contribution in [0.3, 0.4) is 0 Å². The van der Waals surface area contributed by atoms with Crippen molar-refractivity contribution in [3.8, 4) is 11.5 Å². The van der Waals surface area contributed by atoms with Gasteiger partial charge < -0.3 is 4.42 Å². The summed E-state index contributed by atoms with van der Waals surface area (Å²) in [6, 6.07) is 14.1. The molecule has 0 fully saturated rings. The minimum absolute atomic E-state index is 0.0165. The summed E-state index contributed by atoms with van der Waals surface area (Å²) in [5, 5.41) is 19.2. The molecule has 0 atom stereocenters. The van der Waals surface area contributed by atoms with Crippen LogP contribution >= 0.6 is 11.8 Å². The number of para-hydroxylation sites is 1. The summed E-state index contributed by atoms with van der Waals surface area (Å²) in [4.78, 5) is 11.0. The molecule has 2 aromatic carbocycles. The molecule has 3 rings (SSSR count). The smallest absolute Gasteiger partial charge is 0.283 e. The lowest BCUT2D eigenvalue weighted by Gasteiger charge is -1.98. The maximum Gasteiger partial charge on any atom is 0.283 e. The van der Waals surface area contributed by atoms with E-state index in [4.69, 9.17) is 4.42 Å². The van der Waals surface area contributed by atoms with E-state index >= 15 is 0 Å². The Balaban J connectivity index is 1.88. The Morgan fingerprint density at radius 2 is 1.95 bits per heavy atom. The van der Waals surface area contributed by atoms with Crippen LogP contribution < -0.4 is 0 Å². The second-order valence-electron chi connectivity index (χ2n) is 4.57. The summed E-state index contributed by atoms with van der Waals surface area (Å²) < 4.78 is 5.58. The summed E-state index contributed by atoms with van der Waals surface area (Å²) in [5.41, 5.74) is 1.92. The van der Waals surface area contributed by atoms with Crippen LogP contribution in [0.15, 0.2) is 63.1 Å². The van der Waals surface area contributed by atoms with Gasteiger partial charge in [0.1, 0.15) is 0 Å². The fourth-order valence-corrected chi connectivity index (χ4v) is 2.72. The lowest BCUT2D eigenvalue weighted by molar-refractivity contribution is -0.387. The number of benzene rings is 2. The average molecular weight is 313 g/mol. The van der Waals surface area contributed by atoms with Gasteiger partial charge in [-0.05, 0) is 36.9 Å². The maximum atomic E-state index is 11.0. The van der Waals surface area contributed by atoms with Crippen molar-refractivity contribution in [2.24, 2.45) is 0 Å². The van der Waals surface area contributed by atoms with Crippen molar-refractivity contribution in [2.45, 2.75) is 17.0 Å². The van der Waals surface area contributed by atoms with Gasteiger partial charge in [-0.2, -0.15) is 0 Å². The van der Waals surface area contributed by atoms with E-state index in [2.05, 4.69) is 10.2 Å². The van der Waals surface area contributed by atoms with E-state index < -0.39 is 4.92 Å². The second-order valence-corrected chi connectivity index (χ2v) is 5.56. The van der Waals surface area contributed by atoms with E-state index in [-0.39, 0.29) is 10.9 Å². The van der Waals surface area contributed by atoms with Gasteiger partial charge in [-0.3, -0.25) is 10.1 Å². The highest BCUT2D eigenvalue weighted by Gasteiger charge is 2.17. The summed E-state index contributed by atoms with van der Waals surface area (Å²) in [7, 11) is 0. The molecule has 0 saturated carbocycles. The van der Waals surface area contributed by atoms with Crippen molar-refractivity contribution >= 4 is 17.4 Å². The van der Waals surface area contributed by atoms with E-state index in [0.29, 0.717) is 10.8 Å². The minimum Gasteiger partial charge on any atom is -0.411 e. The molecule has 0 aliphatic heterocycles. The Labute approximate surface area is 130 Å². The molecule has 3 aromatic rings. The number of hydrogen-bond donors (Lipinski definition) is 0. The molecule has 7 heteroatoms. The Bertz CT molecular complexity index is 832. The van der Waals surface area contributed by atoms with Gasteiger partial charge in [0.2, 0.25) is 5.89 Å². The van der Waals surface area contributed by atoms with Gasteiger partial charge in [-0.15, -0.1) is 10.2 Å². The zero-order chi connectivity index (χ0) is 15.5. The first-order chi connectivity index (χ1) is 10.6. The average Bonchev–Trinajstić information content (AvgIpc) is 2.96. The topological polar surface area (TPSA) is 82.1 Å². The molecule has 0 aliphatic rings. The van der Waals surface area contributed by atoms with Crippen LogP contribution in [-0.2, 0) is 0 Å². The van der Waals surface area contributed by atoms with Gasteiger partial charge in [-0.1, -0.05) is 29.8 Å². The summed E-state index contributed by atoms with van der Waals surface area (Å²) in [6.07, 6.45) is 0. The highest BCUT2D eigenvalue weighted by atomic mass is 32.2. The normalized spacial score (nSPS) is 10.6. The molecular formula is C15H11N3O3S. The molecule has 0 saturated heterocycles. The summed E-state index contributed by atoms with van der Waals surface area (Å²) in [6.45, 7) is 1.98. The van der Waals surface area contributed by atoms with Crippen LogP contribution in [-0.4, -0.2) is 15.1 Å². The molecule has 0 N–H and O–H groups in total. The number of aromatic nitrogens is 2. The first-order valence-corrected chi connectivity index (χ1v) is 7.27. The van der Waals surface area contributed by atoms with Gasteiger partial charge in [0.25, 0.3) is 10.9 Å². The molecule has 0 radical (unpaired) electrons. The number of hydrogen-bond acceptors (Lipinski definition) is 6. The minimum atomic E-state index is -0.430. The summed E-state index contributed by atoms with van der Waals surface area (Å²) in [5.74, 6) is 0.393. The van der Waals surface area contributed by atoms with E-state index in [0.717, 1.165) is 22.9 Å². The van der Waals surface area contributed by atoms with Crippen molar-refractivity contribution in [1.29, 1.82) is 0 Å². The first-order valence-electron chi connectivity index (χ1n) is 6.45. The highest BCUT2D eigenvalue weighted by Crippen LogP contribution is 2.34. The van der Waals surface area contributed by atoms with Gasteiger partial charge in [0.15, 0.2) is 0 Å². The van der Waals surface area contributed by atoms with Crippen molar-refractivity contribution in [3.05, 3.63) is 64.2 Å². The monoisotopic (exact) mass is 313 g/mol. The van der Waals surface area contributed by atoms with Gasteiger partial charge >= 0.3 is 0 Å². The van der Waals surface area contributed by atoms with E-state index in [9.17, 15) is 10.1 Å². The number of rotatable bonds is 4. The molecular weight excluding hydrogens is 302 g/mol. The standard InChI is InChI=1S/C15H11N3O3S/c1-10-5-4-6-11(9-10)14-16-17-15(21-14)22-13-8-3-2-7-12(13)18(19)20/h2-9H,1H3. The van der Waals surface area contributed by atoms with Crippen LogP contribution in [0.1, 0.15) is 5.56 Å². The van der Waals surface area contributed by atoms with Crippen molar-refractivity contribution in [2.75, 3.05) is 0 Å². The fraction of sp³-hybridized carbons (Fsp3) is 0.0667. The Morgan fingerprint density at radius 1 is 1.14 bits per heavy atom. The van der Waals surface area contributed by atoms with Crippen molar-refractivity contribution in [3.63, 3.8) is 0 Å². The lowest BCUT2D eigenvalue weighted by atomic mass is 10.1. The van der Waals surface area contributed by atoms with Crippen LogP contribution in [0, 0.1) is 17.0 Å². The third-order valence-electron chi connectivity index (χ3n) is 2.93. The number of aryl methyl sites for hydroxylation is 1. The second kappa shape index (κ2) is 5.98. The highest BCUT2D eigenvalue weighted by molar-refractivity contribution is 7.99. The van der Waals surface area contributed by atoms with Gasteiger partial charge in [0, 0.05) is 11.6 Å². The number of nitro groups is 1. The van der Waals surface area contributed by atoms with Crippen LogP contribution in [0.5, 0.6) is 0 Å². The molecule has 0 aliphatic carbocycles. The fourth-order valence-electron chi connectivity index (χ4n) is 1.93. The lowest BCUT2D eigenvalue weighted by Crippen LogP contribution is -1.89. The largest absolute Gasteiger partial charge is 0.411 e. The maximum absolute atomic E-state index is 11.0. The van der Waals surface area contributed by atoms with E-state index in [1.165, 1.54) is 6.07 Å². The van der Waals surface area contributed by atoms with E-state index in [1.54, 1.807) is 18.2 Å². The SMILES string of the molecule is Cc1cccc(-c2nnc(Sc3ccccc3[N+](=O)[O-])o2)c1. The van der Waals surface area contributed by atoms with Gasteiger partial charge in [-0.25, -0.2) is 0 Å². The molecule has 0 amide bonds. The quantitative estimate of drug-likeness (QED) is 0.532. The third-order valence-corrected chi connectivity index (χ3v) is 3.84. The Morgan fingerprint density at radius 3 is 2.73 bits per heavy atom. The molecule has 22 heavy (non-hydrogen) atoms. The Hall–Kier alpha value is -2.67. The molecule has 6 nitrogen and oxygen atoms in total. The zero-order valence-corrected chi connectivity index (χ0v) is 12.4. The molecule has 1 aromatic heterocycles. The number of nitrogens with zero attached hydrogens (tertiary/aromatic N) is 3. The predicted octanol–water partition coefficient (Wildman–Crippen LogP) is 4.10. The Kier molecular flexibility index (Phi) is 3.88. The summed E-state index contributed by atoms with van der Waals surface area (Å²) >= 11 is 1.08. The first kappa shape index (κ1) is 14.3. The predicted molar refractivity (Wildman–Crippen MR) is 81.7 cm³/mol. The van der Waals surface area contributed by atoms with Crippen LogP contribution in [0.4, 0.5) is 5.69 Å². The molecule has 0 bridgehead atoms. The molecule has 1 heterocycles. The van der Waals surface area contributed by atoms with Crippen LogP contribution in [0.25, 0.3) is 11.5 Å². The molecule has 110 valence electrons. The van der Waals surface area contributed by atoms with Crippen molar-refractivity contribution in [1.82, 2.24) is 10.2 Å². The number of nitro benzene ring substituents is 1. The third kappa shape index (κ3) is 2.99. The molecule has 0 unspecified atom stereocenters. The van der Waals surface area contributed by atoms with Crippen LogP contribution in [0.2, 0.25) is 0 Å². The van der Waals surface area contributed by atoms with Crippen molar-refractivity contribution < 1.29 is 9.34 Å². The molecule has 0 spiro atoms.